The second-order valence-corrected chi connectivity index (χ2v) is 22.3. The Morgan fingerprint density at radius 3 is 1.85 bits per heavy atom. The Morgan fingerprint density at radius 1 is 0.750 bits per heavy atom. The van der Waals surface area contributed by atoms with Crippen LogP contribution in [0.5, 0.6) is 0 Å². The second-order valence-electron chi connectivity index (χ2n) is 22.3. The van der Waals surface area contributed by atoms with E-state index >= 15 is 0 Å². The molecule has 394 valence electrons. The third kappa shape index (κ3) is 19.3. The SMILES string of the molecule is CC1CC[C@@H](CCCCO)O[C@@H]1OC1C(O)C(O[C@H]2OCC(C)(O)[C@H](CC(=O)OC(C)(C)C)C2O)[C@H](NC(=O)[C@@H](O)CN(NC(=O)OC(C)(C)C)C(=O)OC(C)(C)C)C[C@@H]1NC(=O)OC(C)(C)C. The van der Waals surface area contributed by atoms with Gasteiger partial charge in [0.2, 0.25) is 0 Å². The summed E-state index contributed by atoms with van der Waals surface area (Å²) in [5.74, 6) is -3.28. The molecule has 0 radical (unpaired) electrons. The molecule has 0 spiro atoms. The van der Waals surface area contributed by atoms with Crippen LogP contribution in [0.3, 0.4) is 0 Å². The number of nitrogens with one attached hydrogen (secondary N) is 3. The number of esters is 1. The molecule has 22 nitrogen and oxygen atoms in total. The zero-order valence-electron chi connectivity index (χ0n) is 42.5. The monoisotopic (exact) mass is 979 g/mol. The van der Waals surface area contributed by atoms with Crippen LogP contribution in [0.25, 0.3) is 0 Å². The van der Waals surface area contributed by atoms with E-state index in [9.17, 15) is 49.5 Å². The molecule has 0 aromatic carbocycles. The first-order valence-corrected chi connectivity index (χ1v) is 23.6. The van der Waals surface area contributed by atoms with Crippen molar-refractivity contribution in [3.63, 3.8) is 0 Å². The molecule has 6 unspecified atom stereocenters. The van der Waals surface area contributed by atoms with Gasteiger partial charge in [-0.3, -0.25) is 9.59 Å². The predicted molar refractivity (Wildman–Crippen MR) is 242 cm³/mol. The average molecular weight is 979 g/mol. The number of nitrogens with zero attached hydrogens (tertiary/aromatic N) is 1. The van der Waals surface area contributed by atoms with E-state index in [1.807, 2.05) is 6.92 Å². The molecule has 1 saturated carbocycles. The maximum atomic E-state index is 14.1. The molecule has 3 aliphatic rings. The number of carbonyl (C=O) groups is 5. The Hall–Kier alpha value is -3.61. The van der Waals surface area contributed by atoms with Crippen LogP contribution in [-0.2, 0) is 47.5 Å². The van der Waals surface area contributed by atoms with Gasteiger partial charge in [0.15, 0.2) is 18.7 Å². The third-order valence-electron chi connectivity index (χ3n) is 11.0. The van der Waals surface area contributed by atoms with E-state index in [0.717, 1.165) is 0 Å². The molecule has 0 aromatic rings. The lowest BCUT2D eigenvalue weighted by Crippen LogP contribution is -2.69. The molecule has 2 aliphatic heterocycles. The normalized spacial score (nSPS) is 30.8. The van der Waals surface area contributed by atoms with E-state index in [4.69, 9.17) is 37.9 Å². The molecule has 8 N–H and O–H groups in total. The van der Waals surface area contributed by atoms with Gasteiger partial charge in [0, 0.05) is 18.4 Å². The van der Waals surface area contributed by atoms with Crippen molar-refractivity contribution >= 4 is 30.2 Å². The molecular formula is C46H82N4O18. The number of aliphatic hydroxyl groups is 5. The Kier molecular flexibility index (Phi) is 20.7. The Morgan fingerprint density at radius 2 is 1.29 bits per heavy atom. The van der Waals surface area contributed by atoms with Gasteiger partial charge in [-0.15, -0.1) is 0 Å². The fraction of sp³-hybridized carbons (Fsp3) is 0.891. The molecule has 3 fully saturated rings. The summed E-state index contributed by atoms with van der Waals surface area (Å²) in [5, 5.41) is 62.3. The number of ether oxygens (including phenoxy) is 8. The van der Waals surface area contributed by atoms with Gasteiger partial charge in [0.1, 0.15) is 46.8 Å². The number of alkyl carbamates (subject to hydrolysis) is 1. The largest absolute Gasteiger partial charge is 0.460 e. The lowest BCUT2D eigenvalue weighted by Gasteiger charge is -2.49. The van der Waals surface area contributed by atoms with Crippen molar-refractivity contribution in [2.75, 3.05) is 19.8 Å². The molecule has 2 heterocycles. The first-order valence-electron chi connectivity index (χ1n) is 23.6. The highest BCUT2D eigenvalue weighted by Gasteiger charge is 2.54. The van der Waals surface area contributed by atoms with Crippen molar-refractivity contribution in [3.05, 3.63) is 0 Å². The van der Waals surface area contributed by atoms with Crippen LogP contribution in [0.2, 0.25) is 0 Å². The molecule has 4 amide bonds. The summed E-state index contributed by atoms with van der Waals surface area (Å²) in [4.78, 5) is 66.7. The highest BCUT2D eigenvalue weighted by molar-refractivity contribution is 5.82. The van der Waals surface area contributed by atoms with Gasteiger partial charge >= 0.3 is 24.2 Å². The van der Waals surface area contributed by atoms with Crippen molar-refractivity contribution in [2.45, 2.75) is 231 Å². The number of hydrazine groups is 1. The minimum Gasteiger partial charge on any atom is -0.460 e. The lowest BCUT2D eigenvalue weighted by atomic mass is 9.80. The van der Waals surface area contributed by atoms with E-state index in [0.29, 0.717) is 37.1 Å². The van der Waals surface area contributed by atoms with Gasteiger partial charge in [-0.05, 0) is 129 Å². The summed E-state index contributed by atoms with van der Waals surface area (Å²) in [5.41, 5.74) is -3.46. The van der Waals surface area contributed by atoms with E-state index in [2.05, 4.69) is 16.1 Å². The van der Waals surface area contributed by atoms with E-state index in [1.165, 1.54) is 6.92 Å². The number of aliphatic hydroxyl groups excluding tert-OH is 4. The Balaban J connectivity index is 2.07. The van der Waals surface area contributed by atoms with Crippen molar-refractivity contribution < 1.29 is 87.4 Å². The molecule has 1 aliphatic carbocycles. The van der Waals surface area contributed by atoms with Crippen LogP contribution in [-0.4, -0.2) is 170 Å². The standard InChI is InChI=1S/C46H82N4O18/c1-25-18-19-26(17-15-16-20-51)62-37(25)63-35-29(48-39(57)66-43(5,6)7)22-28(47-36(56)30(52)23-50(41(59)68-45(11,12)13)49-40(58)67-44(8,9)10)34(33(35)55)64-38-32(54)27(46(14,60)24-61-38)21-31(53)65-42(2,3)4/h25-30,32-35,37-38,51-52,54-55,60H,15-24H2,1-14H3,(H,47,56)(H,48,57)(H,49,58)/t25?,26-,27-,28-,29+,30+,32?,33?,34?,35?,37-,38-,46?/m1/s1. The number of amides is 4. The first-order chi connectivity index (χ1) is 31.1. The Bertz CT molecular complexity index is 1670. The lowest BCUT2D eigenvalue weighted by molar-refractivity contribution is -0.318. The van der Waals surface area contributed by atoms with E-state index in [1.54, 1.807) is 83.1 Å². The van der Waals surface area contributed by atoms with Crippen LogP contribution in [0.4, 0.5) is 14.4 Å². The molecule has 3 rings (SSSR count). The highest BCUT2D eigenvalue weighted by atomic mass is 16.7. The van der Waals surface area contributed by atoms with Crippen LogP contribution >= 0.6 is 0 Å². The van der Waals surface area contributed by atoms with Crippen LogP contribution < -0.4 is 16.1 Å². The summed E-state index contributed by atoms with van der Waals surface area (Å²) < 4.78 is 46.9. The number of unbranched alkanes of at least 4 members (excludes halogenated alkanes) is 1. The van der Waals surface area contributed by atoms with Gasteiger partial charge in [-0.1, -0.05) is 6.92 Å². The van der Waals surface area contributed by atoms with Crippen molar-refractivity contribution in [1.82, 2.24) is 21.1 Å². The van der Waals surface area contributed by atoms with Gasteiger partial charge in [0.05, 0.1) is 43.4 Å². The van der Waals surface area contributed by atoms with E-state index < -0.39 is 139 Å². The summed E-state index contributed by atoms with van der Waals surface area (Å²) in [6, 6.07) is -2.52. The van der Waals surface area contributed by atoms with Gasteiger partial charge < -0.3 is 74.1 Å². The number of hydrogen-bond acceptors (Lipinski definition) is 18. The summed E-state index contributed by atoms with van der Waals surface area (Å²) >= 11 is 0. The fourth-order valence-corrected chi connectivity index (χ4v) is 7.91. The molecule has 68 heavy (non-hydrogen) atoms. The topological polar surface area (TPSA) is 300 Å². The van der Waals surface area contributed by atoms with Gasteiger partial charge in [-0.25, -0.2) is 24.8 Å². The maximum Gasteiger partial charge on any atom is 0.429 e. The van der Waals surface area contributed by atoms with Gasteiger partial charge in [-0.2, -0.15) is 0 Å². The summed E-state index contributed by atoms with van der Waals surface area (Å²) in [6.07, 6.45) is -11.9. The van der Waals surface area contributed by atoms with Crippen LogP contribution in [0.1, 0.15) is 142 Å². The molecule has 22 heteroatoms. The minimum atomic E-state index is -2.09. The van der Waals surface area contributed by atoms with Crippen LogP contribution in [0.15, 0.2) is 0 Å². The average Bonchev–Trinajstić information content (AvgIpc) is 3.15. The zero-order chi connectivity index (χ0) is 51.7. The molecule has 13 atom stereocenters. The third-order valence-corrected chi connectivity index (χ3v) is 11.0. The number of hydrogen-bond donors (Lipinski definition) is 8. The molecule has 0 aromatic heterocycles. The zero-order valence-corrected chi connectivity index (χ0v) is 42.5. The highest BCUT2D eigenvalue weighted by Crippen LogP contribution is 2.38. The second kappa shape index (κ2) is 24.0. The van der Waals surface area contributed by atoms with E-state index in [-0.39, 0.29) is 25.0 Å². The summed E-state index contributed by atoms with van der Waals surface area (Å²) in [7, 11) is 0. The van der Waals surface area contributed by atoms with Crippen molar-refractivity contribution in [1.29, 1.82) is 0 Å². The predicted octanol–water partition coefficient (Wildman–Crippen LogP) is 3.06. The van der Waals surface area contributed by atoms with Crippen LogP contribution in [0, 0.1) is 11.8 Å². The van der Waals surface area contributed by atoms with Gasteiger partial charge in [0.25, 0.3) is 5.91 Å². The smallest absolute Gasteiger partial charge is 0.429 e. The maximum absolute atomic E-state index is 14.1. The molecule has 2 saturated heterocycles. The summed E-state index contributed by atoms with van der Waals surface area (Å²) in [6.45, 7) is 21.4. The Labute approximate surface area is 400 Å². The molecule has 0 bridgehead atoms. The molecular weight excluding hydrogens is 897 g/mol. The minimum absolute atomic E-state index is 0.0229. The van der Waals surface area contributed by atoms with Crippen molar-refractivity contribution in [3.8, 4) is 0 Å². The van der Waals surface area contributed by atoms with Crippen molar-refractivity contribution in [2.24, 2.45) is 11.8 Å². The first kappa shape index (κ1) is 58.7. The quantitative estimate of drug-likeness (QED) is 0.0506. The number of carbonyl (C=O) groups excluding carboxylic acids is 5. The number of rotatable bonds is 15. The fourth-order valence-electron chi connectivity index (χ4n) is 7.91.